The van der Waals surface area contributed by atoms with Crippen molar-refractivity contribution in [1.29, 1.82) is 0 Å². The minimum absolute atomic E-state index is 0.184. The number of benzene rings is 1. The number of aliphatic hydroxyl groups excluding tert-OH is 1. The first-order chi connectivity index (χ1) is 7.40. The Morgan fingerprint density at radius 2 is 2.07 bits per heavy atom. The molecule has 1 aliphatic rings. The molecule has 0 spiro atoms. The Bertz CT molecular complexity index is 305. The highest BCUT2D eigenvalue weighted by atomic mass is 16.5. The first-order valence-corrected chi connectivity index (χ1v) is 5.71. The molecule has 0 heterocycles. The van der Waals surface area contributed by atoms with Crippen molar-refractivity contribution >= 4 is 0 Å². The Morgan fingerprint density at radius 1 is 1.27 bits per heavy atom. The predicted molar refractivity (Wildman–Crippen MR) is 60.1 cm³/mol. The summed E-state index contributed by atoms with van der Waals surface area (Å²) in [4.78, 5) is 0. The second-order valence-corrected chi connectivity index (χ2v) is 4.16. The molecule has 82 valence electrons. The number of hydrogen-bond donors (Lipinski definition) is 1. The summed E-state index contributed by atoms with van der Waals surface area (Å²) in [5, 5.41) is 8.91. The number of para-hydroxylation sites is 1. The van der Waals surface area contributed by atoms with Crippen LogP contribution in [-0.2, 0) is 6.42 Å². The highest BCUT2D eigenvalue weighted by Gasteiger charge is 2.20. The molecular formula is C13H18O2. The standard InChI is InChI=1S/C13H18O2/c14-9-7-12-3-1-2-4-13(12)15-10-8-11-5-6-11/h1-4,11,14H,5-10H2. The molecule has 0 unspecified atom stereocenters. The summed E-state index contributed by atoms with van der Waals surface area (Å²) < 4.78 is 5.73. The number of ether oxygens (including phenoxy) is 1. The molecule has 1 fully saturated rings. The van der Waals surface area contributed by atoms with Crippen LogP contribution in [0, 0.1) is 5.92 Å². The molecule has 0 radical (unpaired) electrons. The molecule has 1 saturated carbocycles. The SMILES string of the molecule is OCCc1ccccc1OCCC1CC1. The number of hydrogen-bond acceptors (Lipinski definition) is 2. The molecule has 1 aromatic rings. The Hall–Kier alpha value is -1.02. The Morgan fingerprint density at radius 3 is 2.80 bits per heavy atom. The van der Waals surface area contributed by atoms with Gasteiger partial charge in [-0.3, -0.25) is 0 Å². The number of rotatable bonds is 6. The molecular weight excluding hydrogens is 188 g/mol. The van der Waals surface area contributed by atoms with Crippen LogP contribution >= 0.6 is 0 Å². The van der Waals surface area contributed by atoms with Gasteiger partial charge in [-0.2, -0.15) is 0 Å². The second kappa shape index (κ2) is 5.17. The van der Waals surface area contributed by atoms with Crippen LogP contribution in [0.4, 0.5) is 0 Å². The largest absolute Gasteiger partial charge is 0.493 e. The third kappa shape index (κ3) is 3.24. The average molecular weight is 206 g/mol. The molecule has 0 aromatic heterocycles. The van der Waals surface area contributed by atoms with Crippen LogP contribution in [0.2, 0.25) is 0 Å². The van der Waals surface area contributed by atoms with Crippen molar-refractivity contribution in [1.82, 2.24) is 0 Å². The Kier molecular flexibility index (Phi) is 3.62. The predicted octanol–water partition coefficient (Wildman–Crippen LogP) is 2.40. The van der Waals surface area contributed by atoms with Crippen molar-refractivity contribution in [3.8, 4) is 5.75 Å². The van der Waals surface area contributed by atoms with Crippen LogP contribution in [0.1, 0.15) is 24.8 Å². The van der Waals surface area contributed by atoms with Crippen molar-refractivity contribution in [2.45, 2.75) is 25.7 Å². The molecule has 1 aromatic carbocycles. The zero-order valence-corrected chi connectivity index (χ0v) is 8.98. The van der Waals surface area contributed by atoms with Gasteiger partial charge in [-0.25, -0.2) is 0 Å². The van der Waals surface area contributed by atoms with Crippen molar-refractivity contribution < 1.29 is 9.84 Å². The van der Waals surface area contributed by atoms with Gasteiger partial charge in [0.15, 0.2) is 0 Å². The van der Waals surface area contributed by atoms with Crippen LogP contribution in [0.5, 0.6) is 5.75 Å². The molecule has 1 aliphatic carbocycles. The summed E-state index contributed by atoms with van der Waals surface area (Å²) in [5.41, 5.74) is 1.11. The Balaban J connectivity index is 1.86. The molecule has 15 heavy (non-hydrogen) atoms. The lowest BCUT2D eigenvalue weighted by Gasteiger charge is -2.10. The molecule has 2 nitrogen and oxygen atoms in total. The molecule has 0 bridgehead atoms. The van der Waals surface area contributed by atoms with Crippen molar-refractivity contribution in [2.75, 3.05) is 13.2 Å². The summed E-state index contributed by atoms with van der Waals surface area (Å²) >= 11 is 0. The lowest BCUT2D eigenvalue weighted by Crippen LogP contribution is -2.02. The van der Waals surface area contributed by atoms with Gasteiger partial charge in [0, 0.05) is 6.61 Å². The van der Waals surface area contributed by atoms with E-state index < -0.39 is 0 Å². The van der Waals surface area contributed by atoms with Gasteiger partial charge >= 0.3 is 0 Å². The van der Waals surface area contributed by atoms with Crippen molar-refractivity contribution in [3.63, 3.8) is 0 Å². The molecule has 0 saturated heterocycles. The van der Waals surface area contributed by atoms with Gasteiger partial charge in [0.2, 0.25) is 0 Å². The van der Waals surface area contributed by atoms with Gasteiger partial charge in [-0.1, -0.05) is 31.0 Å². The van der Waals surface area contributed by atoms with Crippen LogP contribution < -0.4 is 4.74 Å². The number of aliphatic hydroxyl groups is 1. The van der Waals surface area contributed by atoms with E-state index in [0.717, 1.165) is 23.8 Å². The normalized spacial score (nSPS) is 15.3. The van der Waals surface area contributed by atoms with E-state index in [9.17, 15) is 0 Å². The fourth-order valence-electron chi connectivity index (χ4n) is 1.71. The summed E-state index contributed by atoms with van der Waals surface area (Å²) in [6, 6.07) is 7.96. The maximum Gasteiger partial charge on any atom is 0.122 e. The van der Waals surface area contributed by atoms with E-state index in [1.165, 1.54) is 19.3 Å². The van der Waals surface area contributed by atoms with E-state index in [0.29, 0.717) is 6.42 Å². The highest BCUT2D eigenvalue weighted by Crippen LogP contribution is 2.32. The average Bonchev–Trinajstić information content (AvgIpc) is 3.05. The highest BCUT2D eigenvalue weighted by molar-refractivity contribution is 5.33. The zero-order chi connectivity index (χ0) is 10.5. The molecule has 2 heteroatoms. The third-order valence-electron chi connectivity index (χ3n) is 2.83. The van der Waals surface area contributed by atoms with Crippen LogP contribution in [0.3, 0.4) is 0 Å². The van der Waals surface area contributed by atoms with Gasteiger partial charge in [-0.15, -0.1) is 0 Å². The van der Waals surface area contributed by atoms with Crippen LogP contribution in [-0.4, -0.2) is 18.3 Å². The first kappa shape index (κ1) is 10.5. The summed E-state index contributed by atoms with van der Waals surface area (Å²) in [6.45, 7) is 0.996. The third-order valence-corrected chi connectivity index (χ3v) is 2.83. The fourth-order valence-corrected chi connectivity index (χ4v) is 1.71. The van der Waals surface area contributed by atoms with Gasteiger partial charge in [0.1, 0.15) is 5.75 Å². The maximum absolute atomic E-state index is 8.91. The van der Waals surface area contributed by atoms with Crippen LogP contribution in [0.25, 0.3) is 0 Å². The maximum atomic E-state index is 8.91. The molecule has 0 aliphatic heterocycles. The summed E-state index contributed by atoms with van der Waals surface area (Å²) in [6.07, 6.45) is 4.61. The lowest BCUT2D eigenvalue weighted by molar-refractivity contribution is 0.283. The smallest absolute Gasteiger partial charge is 0.122 e. The molecule has 2 rings (SSSR count). The van der Waals surface area contributed by atoms with E-state index in [-0.39, 0.29) is 6.61 Å². The van der Waals surface area contributed by atoms with Crippen LogP contribution in [0.15, 0.2) is 24.3 Å². The van der Waals surface area contributed by atoms with Crippen molar-refractivity contribution in [2.24, 2.45) is 5.92 Å². The van der Waals surface area contributed by atoms with E-state index in [1.54, 1.807) is 0 Å². The summed E-state index contributed by atoms with van der Waals surface area (Å²) in [7, 11) is 0. The molecule has 0 amide bonds. The van der Waals surface area contributed by atoms with Crippen molar-refractivity contribution in [3.05, 3.63) is 29.8 Å². The van der Waals surface area contributed by atoms with E-state index >= 15 is 0 Å². The minimum atomic E-state index is 0.184. The Labute approximate surface area is 90.9 Å². The van der Waals surface area contributed by atoms with Gasteiger partial charge in [0.25, 0.3) is 0 Å². The monoisotopic (exact) mass is 206 g/mol. The van der Waals surface area contributed by atoms with Gasteiger partial charge < -0.3 is 9.84 Å². The minimum Gasteiger partial charge on any atom is -0.493 e. The van der Waals surface area contributed by atoms with Gasteiger partial charge in [-0.05, 0) is 30.4 Å². The first-order valence-electron chi connectivity index (χ1n) is 5.71. The van der Waals surface area contributed by atoms with E-state index in [1.807, 2.05) is 24.3 Å². The summed E-state index contributed by atoms with van der Waals surface area (Å²) in [5.74, 6) is 1.85. The topological polar surface area (TPSA) is 29.5 Å². The van der Waals surface area contributed by atoms with E-state index in [2.05, 4.69) is 0 Å². The quantitative estimate of drug-likeness (QED) is 0.774. The van der Waals surface area contributed by atoms with E-state index in [4.69, 9.17) is 9.84 Å². The lowest BCUT2D eigenvalue weighted by atomic mass is 10.1. The second-order valence-electron chi connectivity index (χ2n) is 4.16. The molecule has 0 atom stereocenters. The fraction of sp³-hybridized carbons (Fsp3) is 0.538. The zero-order valence-electron chi connectivity index (χ0n) is 8.98. The molecule has 1 N–H and O–H groups in total. The van der Waals surface area contributed by atoms with Gasteiger partial charge in [0.05, 0.1) is 6.61 Å².